The number of hydrogen-bond donors (Lipinski definition) is 2. The molecule has 2 fully saturated rings. The van der Waals surface area contributed by atoms with Gasteiger partial charge >= 0.3 is 5.97 Å². The SMILES string of the molecule is CCCCC(C(=O)O)N1CCCC2C(=O)NCC21. The van der Waals surface area contributed by atoms with Crippen molar-refractivity contribution in [3.8, 4) is 0 Å². The van der Waals surface area contributed by atoms with Crippen LogP contribution in [0.2, 0.25) is 0 Å². The van der Waals surface area contributed by atoms with Gasteiger partial charge in [0.2, 0.25) is 5.91 Å². The Morgan fingerprint density at radius 2 is 2.39 bits per heavy atom. The van der Waals surface area contributed by atoms with Crippen molar-refractivity contribution >= 4 is 11.9 Å². The van der Waals surface area contributed by atoms with E-state index in [1.807, 2.05) is 4.90 Å². The first-order chi connectivity index (χ1) is 8.65. The molecule has 0 aromatic rings. The average Bonchev–Trinajstić information content (AvgIpc) is 2.72. The Kier molecular flexibility index (Phi) is 4.22. The van der Waals surface area contributed by atoms with Crippen LogP contribution in [0.4, 0.5) is 0 Å². The zero-order valence-corrected chi connectivity index (χ0v) is 10.9. The average molecular weight is 254 g/mol. The van der Waals surface area contributed by atoms with E-state index in [0.29, 0.717) is 13.0 Å². The highest BCUT2D eigenvalue weighted by Crippen LogP contribution is 2.30. The topological polar surface area (TPSA) is 69.6 Å². The van der Waals surface area contributed by atoms with Gasteiger partial charge in [-0.1, -0.05) is 19.8 Å². The molecule has 0 radical (unpaired) electrons. The first-order valence-corrected chi connectivity index (χ1v) is 6.91. The van der Waals surface area contributed by atoms with Crippen LogP contribution in [0.15, 0.2) is 0 Å². The molecule has 0 saturated carbocycles. The third-order valence-electron chi connectivity index (χ3n) is 4.16. The fourth-order valence-electron chi connectivity index (χ4n) is 3.20. The Bertz CT molecular complexity index is 332. The highest BCUT2D eigenvalue weighted by Gasteiger charge is 2.44. The van der Waals surface area contributed by atoms with Crippen molar-refractivity contribution in [1.82, 2.24) is 10.2 Å². The van der Waals surface area contributed by atoms with Gasteiger partial charge in [0.1, 0.15) is 6.04 Å². The van der Waals surface area contributed by atoms with Crippen LogP contribution >= 0.6 is 0 Å². The van der Waals surface area contributed by atoms with E-state index >= 15 is 0 Å². The lowest BCUT2D eigenvalue weighted by atomic mass is 9.89. The summed E-state index contributed by atoms with van der Waals surface area (Å²) in [6.45, 7) is 3.48. The number of likely N-dealkylation sites (tertiary alicyclic amines) is 1. The van der Waals surface area contributed by atoms with Gasteiger partial charge in [0.15, 0.2) is 0 Å². The number of amides is 1. The third kappa shape index (κ3) is 2.51. The predicted octanol–water partition coefficient (Wildman–Crippen LogP) is 0.840. The van der Waals surface area contributed by atoms with Crippen LogP contribution in [0.1, 0.15) is 39.0 Å². The fraction of sp³-hybridized carbons (Fsp3) is 0.846. The van der Waals surface area contributed by atoms with Crippen LogP contribution in [0, 0.1) is 5.92 Å². The minimum atomic E-state index is -0.747. The Balaban J connectivity index is 2.09. The first-order valence-electron chi connectivity index (χ1n) is 6.91. The molecule has 0 aromatic carbocycles. The second-order valence-corrected chi connectivity index (χ2v) is 5.30. The van der Waals surface area contributed by atoms with Gasteiger partial charge in [0, 0.05) is 12.6 Å². The largest absolute Gasteiger partial charge is 0.480 e. The normalized spacial score (nSPS) is 29.7. The summed E-state index contributed by atoms with van der Waals surface area (Å²) in [6, 6.07) is -0.338. The maximum Gasteiger partial charge on any atom is 0.320 e. The van der Waals surface area contributed by atoms with Gasteiger partial charge in [-0.05, 0) is 25.8 Å². The molecule has 3 atom stereocenters. The number of carbonyl (C=O) groups excluding carboxylic acids is 1. The predicted molar refractivity (Wildman–Crippen MR) is 67.2 cm³/mol. The number of rotatable bonds is 5. The summed E-state index contributed by atoms with van der Waals surface area (Å²) in [6.07, 6.45) is 4.43. The van der Waals surface area contributed by atoms with E-state index < -0.39 is 12.0 Å². The number of carbonyl (C=O) groups is 2. The molecule has 3 unspecified atom stereocenters. The number of fused-ring (bicyclic) bond motifs is 1. The fourth-order valence-corrected chi connectivity index (χ4v) is 3.20. The number of piperidine rings is 1. The van der Waals surface area contributed by atoms with E-state index in [1.54, 1.807) is 0 Å². The molecule has 0 spiro atoms. The highest BCUT2D eigenvalue weighted by atomic mass is 16.4. The van der Waals surface area contributed by atoms with E-state index in [9.17, 15) is 14.7 Å². The zero-order chi connectivity index (χ0) is 13.1. The van der Waals surface area contributed by atoms with Crippen LogP contribution < -0.4 is 5.32 Å². The second kappa shape index (κ2) is 5.69. The molecule has 0 aliphatic carbocycles. The maximum absolute atomic E-state index is 11.7. The summed E-state index contributed by atoms with van der Waals surface area (Å²) in [5.74, 6) is -0.644. The highest BCUT2D eigenvalue weighted by molar-refractivity contribution is 5.82. The van der Waals surface area contributed by atoms with Gasteiger partial charge in [0.25, 0.3) is 0 Å². The number of carboxylic acid groups (broad SMARTS) is 1. The Labute approximate surface area is 108 Å². The van der Waals surface area contributed by atoms with Gasteiger partial charge in [-0.3, -0.25) is 14.5 Å². The summed E-state index contributed by atoms with van der Waals surface area (Å²) in [7, 11) is 0. The molecule has 2 aliphatic heterocycles. The molecule has 2 rings (SSSR count). The Morgan fingerprint density at radius 3 is 3.06 bits per heavy atom. The van der Waals surface area contributed by atoms with Crippen LogP contribution in [0.25, 0.3) is 0 Å². The van der Waals surface area contributed by atoms with E-state index in [-0.39, 0.29) is 17.9 Å². The quantitative estimate of drug-likeness (QED) is 0.763. The van der Waals surface area contributed by atoms with E-state index in [0.717, 1.165) is 32.2 Å². The van der Waals surface area contributed by atoms with Crippen LogP contribution in [-0.2, 0) is 9.59 Å². The van der Waals surface area contributed by atoms with E-state index in [2.05, 4.69) is 12.2 Å². The monoisotopic (exact) mass is 254 g/mol. The summed E-state index contributed by atoms with van der Waals surface area (Å²) >= 11 is 0. The van der Waals surface area contributed by atoms with Gasteiger partial charge in [-0.25, -0.2) is 0 Å². The molecule has 5 nitrogen and oxygen atoms in total. The van der Waals surface area contributed by atoms with Crippen molar-refractivity contribution < 1.29 is 14.7 Å². The maximum atomic E-state index is 11.7. The lowest BCUT2D eigenvalue weighted by Gasteiger charge is -2.39. The van der Waals surface area contributed by atoms with Crippen molar-refractivity contribution in [1.29, 1.82) is 0 Å². The zero-order valence-electron chi connectivity index (χ0n) is 10.9. The minimum Gasteiger partial charge on any atom is -0.480 e. The molecular weight excluding hydrogens is 232 g/mol. The van der Waals surface area contributed by atoms with Gasteiger partial charge in [-0.2, -0.15) is 0 Å². The molecule has 2 N–H and O–H groups in total. The lowest BCUT2D eigenvalue weighted by Crippen LogP contribution is -2.53. The number of aliphatic carboxylic acids is 1. The van der Waals surface area contributed by atoms with Crippen LogP contribution in [-0.4, -0.2) is 47.1 Å². The Morgan fingerprint density at radius 1 is 1.61 bits per heavy atom. The minimum absolute atomic E-state index is 0.00206. The summed E-state index contributed by atoms with van der Waals surface area (Å²) in [4.78, 5) is 25.1. The summed E-state index contributed by atoms with van der Waals surface area (Å²) in [5.41, 5.74) is 0. The van der Waals surface area contributed by atoms with Crippen LogP contribution in [0.3, 0.4) is 0 Å². The van der Waals surface area contributed by atoms with E-state index in [4.69, 9.17) is 0 Å². The Hall–Kier alpha value is -1.10. The molecule has 0 aromatic heterocycles. The third-order valence-corrected chi connectivity index (χ3v) is 4.16. The van der Waals surface area contributed by atoms with Gasteiger partial charge in [0.05, 0.1) is 5.92 Å². The van der Waals surface area contributed by atoms with Gasteiger partial charge in [-0.15, -0.1) is 0 Å². The first kappa shape index (κ1) is 13.3. The standard InChI is InChI=1S/C13H22N2O3/c1-2-3-6-10(13(17)18)15-7-4-5-9-11(15)8-14-12(9)16/h9-11H,2-8H2,1H3,(H,14,16)(H,17,18). The molecule has 102 valence electrons. The van der Waals surface area contributed by atoms with Crippen LogP contribution in [0.5, 0.6) is 0 Å². The van der Waals surface area contributed by atoms with Crippen molar-refractivity contribution in [2.24, 2.45) is 5.92 Å². The lowest BCUT2D eigenvalue weighted by molar-refractivity contribution is -0.146. The number of carboxylic acids is 1. The molecule has 1 amide bonds. The molecule has 0 bridgehead atoms. The van der Waals surface area contributed by atoms with Crippen molar-refractivity contribution in [2.45, 2.75) is 51.1 Å². The smallest absolute Gasteiger partial charge is 0.320 e. The summed E-state index contributed by atoms with van der Waals surface area (Å²) in [5, 5.41) is 12.3. The van der Waals surface area contributed by atoms with Crippen molar-refractivity contribution in [3.05, 3.63) is 0 Å². The number of hydrogen-bond acceptors (Lipinski definition) is 3. The molecule has 5 heteroatoms. The second-order valence-electron chi connectivity index (χ2n) is 5.30. The van der Waals surface area contributed by atoms with E-state index in [1.165, 1.54) is 0 Å². The molecule has 2 aliphatic rings. The molecule has 2 heterocycles. The van der Waals surface area contributed by atoms with Crippen molar-refractivity contribution in [2.75, 3.05) is 13.1 Å². The number of nitrogens with one attached hydrogen (secondary N) is 1. The summed E-state index contributed by atoms with van der Waals surface area (Å²) < 4.78 is 0. The number of unbranched alkanes of at least 4 members (excludes halogenated alkanes) is 1. The molecular formula is C13H22N2O3. The number of nitrogens with zero attached hydrogens (tertiary/aromatic N) is 1. The molecule has 18 heavy (non-hydrogen) atoms. The van der Waals surface area contributed by atoms with Crippen molar-refractivity contribution in [3.63, 3.8) is 0 Å². The van der Waals surface area contributed by atoms with Gasteiger partial charge < -0.3 is 10.4 Å². The molecule has 2 saturated heterocycles.